The van der Waals surface area contributed by atoms with Gasteiger partial charge in [0.15, 0.2) is 0 Å². The molecule has 0 aromatic carbocycles. The molecule has 0 aromatic heterocycles. The highest BCUT2D eigenvalue weighted by Gasteiger charge is 2.42. The zero-order valence-electron chi connectivity index (χ0n) is 11.7. The maximum Gasteiger partial charge on any atom is 0.233 e. The molecule has 0 saturated carbocycles. The van der Waals surface area contributed by atoms with Gasteiger partial charge in [-0.1, -0.05) is 12.2 Å². The van der Waals surface area contributed by atoms with Crippen molar-refractivity contribution in [3.05, 3.63) is 0 Å². The molecule has 20 heavy (non-hydrogen) atoms. The third-order valence-electron chi connectivity index (χ3n) is 4.07. The van der Waals surface area contributed by atoms with Gasteiger partial charge in [0.1, 0.15) is 5.41 Å². The maximum atomic E-state index is 12.4. The number of nitrogens with one attached hydrogen (secondary N) is 1. The highest BCUT2D eigenvalue weighted by Crippen LogP contribution is 2.31. The number of nitrogens with zero attached hydrogens (tertiary/aromatic N) is 1. The van der Waals surface area contributed by atoms with Crippen LogP contribution in [0.1, 0.15) is 12.8 Å². The molecule has 6 nitrogen and oxygen atoms in total. The molecule has 2 aliphatic heterocycles. The highest BCUT2D eigenvalue weighted by atomic mass is 32.1. The fraction of sp³-hybridized carbons (Fsp3) is 0.846. The summed E-state index contributed by atoms with van der Waals surface area (Å²) in [5.74, 6) is -0.0541. The lowest BCUT2D eigenvalue weighted by Gasteiger charge is -2.35. The largest absolute Gasteiger partial charge is 0.392 e. The van der Waals surface area contributed by atoms with Crippen LogP contribution in [0.3, 0.4) is 0 Å². The first kappa shape index (κ1) is 15.6. The molecule has 0 spiro atoms. The molecule has 2 saturated heterocycles. The van der Waals surface area contributed by atoms with Crippen molar-refractivity contribution in [3.63, 3.8) is 0 Å². The van der Waals surface area contributed by atoms with E-state index in [-0.39, 0.29) is 10.9 Å². The summed E-state index contributed by atoms with van der Waals surface area (Å²) in [5.41, 5.74) is 5.08. The average Bonchev–Trinajstić information content (AvgIpc) is 2.48. The first-order valence-electron chi connectivity index (χ1n) is 7.11. The van der Waals surface area contributed by atoms with Gasteiger partial charge in [0.25, 0.3) is 0 Å². The molecule has 0 aromatic rings. The molecule has 2 rings (SSSR count). The third kappa shape index (κ3) is 3.66. The number of hydrogen-bond donors (Lipinski definition) is 2. The second kappa shape index (κ2) is 7.31. The van der Waals surface area contributed by atoms with E-state index in [1.54, 1.807) is 0 Å². The molecule has 114 valence electrons. The van der Waals surface area contributed by atoms with E-state index in [2.05, 4.69) is 10.2 Å². The summed E-state index contributed by atoms with van der Waals surface area (Å²) in [7, 11) is 0. The van der Waals surface area contributed by atoms with Crippen LogP contribution in [-0.4, -0.2) is 68.4 Å². The zero-order valence-corrected chi connectivity index (χ0v) is 12.5. The number of ether oxygens (including phenoxy) is 2. The van der Waals surface area contributed by atoms with Crippen molar-refractivity contribution in [2.75, 3.05) is 52.6 Å². The van der Waals surface area contributed by atoms with E-state index in [0.717, 1.165) is 32.8 Å². The second-order valence-electron chi connectivity index (χ2n) is 5.27. The Labute approximate surface area is 125 Å². The molecule has 0 radical (unpaired) electrons. The Morgan fingerprint density at radius 1 is 1.20 bits per heavy atom. The standard InChI is InChI=1S/C13H23N3O3S/c14-11(20)13(1-7-18-8-2-13)12(17)15-3-4-16-5-9-19-10-6-16/h1-10H2,(H2,14,20)(H,15,17). The number of hydrogen-bond acceptors (Lipinski definition) is 5. The van der Waals surface area contributed by atoms with Gasteiger partial charge in [0.2, 0.25) is 5.91 Å². The molecule has 0 unspecified atom stereocenters. The SMILES string of the molecule is NC(=S)C1(C(=O)NCCN2CCOCC2)CCOCC1. The summed E-state index contributed by atoms with van der Waals surface area (Å²) in [6.07, 6.45) is 1.15. The van der Waals surface area contributed by atoms with Crippen molar-refractivity contribution in [1.29, 1.82) is 0 Å². The van der Waals surface area contributed by atoms with Gasteiger partial charge in [-0.05, 0) is 12.8 Å². The van der Waals surface area contributed by atoms with Gasteiger partial charge in [0, 0.05) is 39.4 Å². The Kier molecular flexibility index (Phi) is 5.71. The van der Waals surface area contributed by atoms with Crippen molar-refractivity contribution in [2.24, 2.45) is 11.1 Å². The number of nitrogens with two attached hydrogens (primary N) is 1. The Balaban J connectivity index is 1.81. The van der Waals surface area contributed by atoms with E-state index in [9.17, 15) is 4.79 Å². The van der Waals surface area contributed by atoms with Crippen LogP contribution in [0.5, 0.6) is 0 Å². The first-order valence-corrected chi connectivity index (χ1v) is 7.52. The lowest BCUT2D eigenvalue weighted by molar-refractivity contribution is -0.131. The summed E-state index contributed by atoms with van der Waals surface area (Å²) in [6, 6.07) is 0. The topological polar surface area (TPSA) is 76.8 Å². The van der Waals surface area contributed by atoms with Gasteiger partial charge in [-0.15, -0.1) is 0 Å². The van der Waals surface area contributed by atoms with E-state index < -0.39 is 5.41 Å². The molecule has 2 heterocycles. The lowest BCUT2D eigenvalue weighted by atomic mass is 9.79. The molecule has 1 amide bonds. The predicted molar refractivity (Wildman–Crippen MR) is 79.5 cm³/mol. The Bertz CT molecular complexity index is 353. The fourth-order valence-corrected chi connectivity index (χ4v) is 2.92. The van der Waals surface area contributed by atoms with Crippen molar-refractivity contribution < 1.29 is 14.3 Å². The third-order valence-corrected chi connectivity index (χ3v) is 4.46. The van der Waals surface area contributed by atoms with Crippen molar-refractivity contribution in [2.45, 2.75) is 12.8 Å². The van der Waals surface area contributed by atoms with Crippen LogP contribution >= 0.6 is 12.2 Å². The van der Waals surface area contributed by atoms with Crippen molar-refractivity contribution in [3.8, 4) is 0 Å². The Hall–Kier alpha value is -0.760. The summed E-state index contributed by atoms with van der Waals surface area (Å²) in [6.45, 7) is 5.89. The van der Waals surface area contributed by atoms with Crippen LogP contribution in [0.25, 0.3) is 0 Å². The van der Waals surface area contributed by atoms with E-state index in [1.165, 1.54) is 0 Å². The van der Waals surface area contributed by atoms with Crippen LogP contribution < -0.4 is 11.1 Å². The van der Waals surface area contributed by atoms with Gasteiger partial charge in [-0.25, -0.2) is 0 Å². The minimum atomic E-state index is -0.724. The second-order valence-corrected chi connectivity index (χ2v) is 5.71. The van der Waals surface area contributed by atoms with Crippen LogP contribution in [0.2, 0.25) is 0 Å². The molecule has 7 heteroatoms. The van der Waals surface area contributed by atoms with Crippen molar-refractivity contribution in [1.82, 2.24) is 10.2 Å². The monoisotopic (exact) mass is 301 g/mol. The minimum absolute atomic E-state index is 0.0541. The van der Waals surface area contributed by atoms with Crippen LogP contribution in [0.4, 0.5) is 0 Å². The minimum Gasteiger partial charge on any atom is -0.392 e. The number of rotatable bonds is 5. The van der Waals surface area contributed by atoms with Crippen LogP contribution in [0.15, 0.2) is 0 Å². The molecule has 2 aliphatic rings. The van der Waals surface area contributed by atoms with Gasteiger partial charge in [0.05, 0.1) is 18.2 Å². The molecule has 3 N–H and O–H groups in total. The summed E-state index contributed by atoms with van der Waals surface area (Å²) in [5, 5.41) is 2.98. The van der Waals surface area contributed by atoms with Crippen LogP contribution in [-0.2, 0) is 14.3 Å². The first-order chi connectivity index (χ1) is 9.65. The number of amides is 1. The van der Waals surface area contributed by atoms with Gasteiger partial charge < -0.3 is 20.5 Å². The fourth-order valence-electron chi connectivity index (χ4n) is 2.63. The van der Waals surface area contributed by atoms with E-state index in [1.807, 2.05) is 0 Å². The Morgan fingerprint density at radius 3 is 2.40 bits per heavy atom. The number of morpholine rings is 1. The number of carbonyl (C=O) groups is 1. The lowest BCUT2D eigenvalue weighted by Crippen LogP contribution is -2.53. The maximum absolute atomic E-state index is 12.4. The highest BCUT2D eigenvalue weighted by molar-refractivity contribution is 7.80. The van der Waals surface area contributed by atoms with E-state index in [4.69, 9.17) is 27.4 Å². The zero-order chi connectivity index (χ0) is 14.4. The average molecular weight is 301 g/mol. The molecule has 2 fully saturated rings. The van der Waals surface area contributed by atoms with Crippen LogP contribution in [0, 0.1) is 5.41 Å². The predicted octanol–water partition coefficient (Wildman–Crippen LogP) is -0.482. The molecule has 0 aliphatic carbocycles. The summed E-state index contributed by atoms with van der Waals surface area (Å²) in [4.78, 5) is 15.0. The van der Waals surface area contributed by atoms with Crippen molar-refractivity contribution >= 4 is 23.1 Å². The van der Waals surface area contributed by atoms with Gasteiger partial charge in [-0.2, -0.15) is 0 Å². The molecular weight excluding hydrogens is 278 g/mol. The number of thiocarbonyl (C=S) groups is 1. The Morgan fingerprint density at radius 2 is 1.80 bits per heavy atom. The number of carbonyl (C=O) groups excluding carboxylic acids is 1. The van der Waals surface area contributed by atoms with Gasteiger partial charge >= 0.3 is 0 Å². The quantitative estimate of drug-likeness (QED) is 0.668. The summed E-state index contributed by atoms with van der Waals surface area (Å²) < 4.78 is 10.6. The normalized spacial score (nSPS) is 23.2. The van der Waals surface area contributed by atoms with E-state index >= 15 is 0 Å². The molecular formula is C13H23N3O3S. The van der Waals surface area contributed by atoms with E-state index in [0.29, 0.717) is 32.6 Å². The smallest absolute Gasteiger partial charge is 0.233 e. The molecule has 0 bridgehead atoms. The summed E-state index contributed by atoms with van der Waals surface area (Å²) >= 11 is 5.11. The van der Waals surface area contributed by atoms with Gasteiger partial charge in [-0.3, -0.25) is 9.69 Å². The molecule has 0 atom stereocenters.